The fraction of sp³-hybridized carbons (Fsp3) is 0.455. The number of aliphatic hydroxyl groups excluding tert-OH is 2. The number of hydrogen-bond donors (Lipinski definition) is 2. The van der Waals surface area contributed by atoms with Crippen molar-refractivity contribution in [2.45, 2.75) is 169 Å². The molecule has 2 N–H and O–H groups in total. The van der Waals surface area contributed by atoms with Crippen LogP contribution in [0, 0.1) is 58.6 Å². The van der Waals surface area contributed by atoms with E-state index in [9.17, 15) is 55.7 Å². The smallest absolute Gasteiger partial charge is 0.306 e. The van der Waals surface area contributed by atoms with Gasteiger partial charge in [0.1, 0.15) is 68.9 Å². The molecule has 4 aromatic heterocycles. The third kappa shape index (κ3) is 17.0. The van der Waals surface area contributed by atoms with E-state index in [4.69, 9.17) is 9.47 Å². The summed E-state index contributed by atoms with van der Waals surface area (Å²) < 4.78 is 99.8. The number of halogens is 6. The van der Waals surface area contributed by atoms with Crippen molar-refractivity contribution < 1.29 is 65.2 Å². The molecule has 8 atom stereocenters. The van der Waals surface area contributed by atoms with Gasteiger partial charge in [-0.3, -0.25) is 29.1 Å². The highest BCUT2D eigenvalue weighted by Crippen LogP contribution is 2.44. The molecule has 0 spiro atoms. The summed E-state index contributed by atoms with van der Waals surface area (Å²) in [5.74, 6) is -6.52. The first kappa shape index (κ1) is 64.4. The first-order valence-corrected chi connectivity index (χ1v) is 28.5. The minimum absolute atomic E-state index is 0.00383. The number of carbonyl (C=O) groups excluding carboxylic acids is 4. The van der Waals surface area contributed by atoms with E-state index in [1.807, 2.05) is 53.7 Å². The molecule has 18 heteroatoms. The molecule has 0 saturated heterocycles. The molecule has 0 radical (unpaired) electrons. The van der Waals surface area contributed by atoms with E-state index in [0.717, 1.165) is 86.1 Å². The van der Waals surface area contributed by atoms with E-state index < -0.39 is 92.4 Å². The molecular weight excluding hydrogens is 1090 g/mol. The van der Waals surface area contributed by atoms with Crippen molar-refractivity contribution in [3.63, 3.8) is 0 Å². The summed E-state index contributed by atoms with van der Waals surface area (Å²) in [4.78, 5) is 68.3. The molecule has 8 rings (SSSR count). The summed E-state index contributed by atoms with van der Waals surface area (Å²) in [5.41, 5.74) is -0.777. The summed E-state index contributed by atoms with van der Waals surface area (Å²) >= 11 is 0. The predicted octanol–water partition coefficient (Wildman–Crippen LogP) is 14.6. The van der Waals surface area contributed by atoms with Crippen molar-refractivity contribution in [1.82, 2.24) is 19.9 Å². The predicted molar refractivity (Wildman–Crippen MR) is 304 cm³/mol. The Morgan fingerprint density at radius 3 is 1.19 bits per heavy atom. The Hall–Kier alpha value is -7.18. The van der Waals surface area contributed by atoms with E-state index in [0.29, 0.717) is 35.8 Å². The number of ketones is 2. The van der Waals surface area contributed by atoms with Crippen LogP contribution in [0.1, 0.15) is 199 Å². The highest BCUT2D eigenvalue weighted by Gasteiger charge is 2.34. The van der Waals surface area contributed by atoms with Gasteiger partial charge in [0.25, 0.3) is 0 Å². The number of carbonyl (C=O) groups is 4. The maximum atomic E-state index is 14.8. The molecule has 0 unspecified atom stereocenters. The molecule has 2 aliphatic rings. The fourth-order valence-electron chi connectivity index (χ4n) is 11.7. The van der Waals surface area contributed by atoms with Crippen LogP contribution < -0.4 is 0 Å². The molecular formula is C66H74F6N4O8. The van der Waals surface area contributed by atoms with Gasteiger partial charge in [0.2, 0.25) is 0 Å². The van der Waals surface area contributed by atoms with E-state index in [1.54, 1.807) is 24.8 Å². The van der Waals surface area contributed by atoms with Crippen molar-refractivity contribution in [2.75, 3.05) is 0 Å². The molecule has 448 valence electrons. The Labute approximate surface area is 486 Å². The Bertz CT molecular complexity index is 3110. The van der Waals surface area contributed by atoms with Crippen LogP contribution in [0.5, 0.6) is 0 Å². The zero-order valence-corrected chi connectivity index (χ0v) is 49.2. The zero-order valence-electron chi connectivity index (χ0n) is 49.2. The van der Waals surface area contributed by atoms with Gasteiger partial charge < -0.3 is 19.7 Å². The van der Waals surface area contributed by atoms with Crippen molar-refractivity contribution in [2.24, 2.45) is 23.7 Å². The molecule has 12 nitrogen and oxygen atoms in total. The van der Waals surface area contributed by atoms with E-state index >= 15 is 0 Å². The quantitative estimate of drug-likeness (QED) is 0.0533. The van der Waals surface area contributed by atoms with Crippen molar-refractivity contribution in [3.8, 4) is 22.5 Å². The lowest BCUT2D eigenvalue weighted by Crippen LogP contribution is -2.28. The van der Waals surface area contributed by atoms with Crippen molar-refractivity contribution in [3.05, 3.63) is 165 Å². The minimum atomic E-state index is -1.12. The second-order valence-electron chi connectivity index (χ2n) is 24.8. The number of Topliss-reactive ketones (excluding diaryl/α,β-unsaturated/α-hetero) is 2. The number of aromatic nitrogens is 4. The third-order valence-corrected chi connectivity index (χ3v) is 15.1. The fourth-order valence-corrected chi connectivity index (χ4v) is 11.7. The van der Waals surface area contributed by atoms with Gasteiger partial charge in [-0.2, -0.15) is 0 Å². The highest BCUT2D eigenvalue weighted by molar-refractivity contribution is 5.97. The summed E-state index contributed by atoms with van der Waals surface area (Å²) in [7, 11) is 0. The highest BCUT2D eigenvalue weighted by atomic mass is 19.2. The summed E-state index contributed by atoms with van der Waals surface area (Å²) in [5, 5.41) is 19.4. The number of rotatable bonds is 16. The van der Waals surface area contributed by atoms with Crippen LogP contribution in [0.4, 0.5) is 26.3 Å². The number of ether oxygens (including phenoxy) is 2. The standard InChI is InChI=1S/2C33H37F3N2O4/c2*1-18-10-20(13-30(41)42-33(3,4)5)12-22(11-18)24-8-9-37-17-23(24)16-29(40)28-7-6-25(34)32(38-28)31-26(35)14-21(19(2)39)15-27(31)36/h2*6-9,14-15,17-20,22,39H,10-13,16H2,1-5H3/t18-,19+,20+,22-;18-,19-,20+,22-/m11/s1. The molecule has 6 aromatic rings. The average Bonchev–Trinajstić information content (AvgIpc) is 3.53. The zero-order chi connectivity index (χ0) is 61.5. The SMILES string of the molecule is C[C@@H]1C[C@H](CC(=O)OC(C)(C)C)C[C@H](c2ccncc2CC(=O)c2ccc(F)c(-c3c(F)cc([C@@H](C)O)cc3F)n2)C1.C[C@@H]1C[C@H](CC(=O)OC(C)(C)C)C[C@H](c2ccncc2CC(=O)c2ccc(F)c(-c3c(F)cc([C@H](C)O)cc3F)n2)C1. The Morgan fingerprint density at radius 1 is 0.524 bits per heavy atom. The molecule has 4 heterocycles. The van der Waals surface area contributed by atoms with Gasteiger partial charge >= 0.3 is 11.9 Å². The maximum Gasteiger partial charge on any atom is 0.306 e. The monoisotopic (exact) mass is 1160 g/mol. The van der Waals surface area contributed by atoms with Crippen LogP contribution in [0.2, 0.25) is 0 Å². The third-order valence-electron chi connectivity index (χ3n) is 15.1. The van der Waals surface area contributed by atoms with E-state index in [2.05, 4.69) is 33.8 Å². The Morgan fingerprint density at radius 2 is 0.869 bits per heavy atom. The van der Waals surface area contributed by atoms with Crippen LogP contribution in [0.15, 0.2) is 85.5 Å². The normalized spacial score (nSPS) is 19.8. The number of hydrogen-bond acceptors (Lipinski definition) is 12. The molecule has 2 fully saturated rings. The average molecular weight is 1170 g/mol. The van der Waals surface area contributed by atoms with Crippen LogP contribution in [0.3, 0.4) is 0 Å². The van der Waals surface area contributed by atoms with Gasteiger partial charge in [-0.1, -0.05) is 13.8 Å². The van der Waals surface area contributed by atoms with Gasteiger partial charge in [0, 0.05) is 50.5 Å². The van der Waals surface area contributed by atoms with E-state index in [-0.39, 0.29) is 71.0 Å². The van der Waals surface area contributed by atoms with Crippen molar-refractivity contribution in [1.29, 1.82) is 0 Å². The van der Waals surface area contributed by atoms with Gasteiger partial charge in [0.15, 0.2) is 11.6 Å². The first-order valence-electron chi connectivity index (χ1n) is 28.5. The number of esters is 2. The second kappa shape index (κ2) is 27.2. The van der Waals surface area contributed by atoms with Crippen molar-refractivity contribution >= 4 is 23.5 Å². The Kier molecular flexibility index (Phi) is 20.9. The summed E-state index contributed by atoms with van der Waals surface area (Å²) in [6.45, 7) is 18.1. The van der Waals surface area contributed by atoms with Crippen LogP contribution in [-0.2, 0) is 31.9 Å². The Balaban J connectivity index is 0.000000241. The summed E-state index contributed by atoms with van der Waals surface area (Å²) in [6, 6.07) is 11.7. The largest absolute Gasteiger partial charge is 0.460 e. The molecule has 84 heavy (non-hydrogen) atoms. The van der Waals surface area contributed by atoms with Gasteiger partial charge in [0.05, 0.1) is 23.3 Å². The molecule has 0 bridgehead atoms. The maximum absolute atomic E-state index is 14.8. The number of pyridine rings is 4. The second-order valence-corrected chi connectivity index (χ2v) is 24.8. The minimum Gasteiger partial charge on any atom is -0.460 e. The first-order chi connectivity index (χ1) is 39.4. The number of nitrogens with zero attached hydrogens (tertiary/aromatic N) is 4. The van der Waals surface area contributed by atoms with Crippen LogP contribution >= 0.6 is 0 Å². The van der Waals surface area contributed by atoms with Gasteiger partial charge in [-0.25, -0.2) is 36.3 Å². The van der Waals surface area contributed by atoms with Gasteiger partial charge in [-0.15, -0.1) is 0 Å². The number of benzene rings is 2. The topological polar surface area (TPSA) is 179 Å². The van der Waals surface area contributed by atoms with Gasteiger partial charge in [-0.05, 0) is 223 Å². The van der Waals surface area contributed by atoms with E-state index in [1.165, 1.54) is 26.0 Å². The molecule has 2 aliphatic carbocycles. The molecule has 0 amide bonds. The molecule has 2 aromatic carbocycles. The van der Waals surface area contributed by atoms with Crippen LogP contribution in [0.25, 0.3) is 22.5 Å². The lowest BCUT2D eigenvalue weighted by atomic mass is 9.71. The lowest BCUT2D eigenvalue weighted by molar-refractivity contribution is -0.157. The summed E-state index contributed by atoms with van der Waals surface area (Å²) in [6.07, 6.45) is 9.90. The van der Waals surface area contributed by atoms with Crippen LogP contribution in [-0.4, -0.2) is 64.9 Å². The number of aliphatic hydroxyl groups is 2. The molecule has 2 saturated carbocycles. The molecule has 0 aliphatic heterocycles. The lowest BCUT2D eigenvalue weighted by Gasteiger charge is -2.34.